The van der Waals surface area contributed by atoms with Gasteiger partial charge in [0.05, 0.1) is 0 Å². The topological polar surface area (TPSA) is 40.7 Å². The minimum atomic E-state index is -4.35. The van der Waals surface area contributed by atoms with Crippen molar-refractivity contribution < 1.29 is 13.2 Å². The number of rotatable bonds is 0. The zero-order valence-corrected chi connectivity index (χ0v) is 7.86. The van der Waals surface area contributed by atoms with Crippen molar-refractivity contribution in [3.63, 3.8) is 0 Å². The molecule has 15 heavy (non-hydrogen) atoms. The first-order valence-electron chi connectivity index (χ1n) is 4.96. The molecule has 2 aliphatic rings. The van der Waals surface area contributed by atoms with Crippen molar-refractivity contribution >= 4 is 0 Å². The van der Waals surface area contributed by atoms with Crippen LogP contribution in [0.2, 0.25) is 0 Å². The molecule has 0 spiro atoms. The summed E-state index contributed by atoms with van der Waals surface area (Å²) in [6, 6.07) is 0.165. The molecular formula is C9H10F3N3. The second-order valence-electron chi connectivity index (χ2n) is 4.16. The number of fused-ring (bicyclic) bond motifs is 4. The largest absolute Gasteiger partial charge is 0.435 e. The van der Waals surface area contributed by atoms with Gasteiger partial charge in [-0.05, 0) is 12.8 Å². The molecule has 82 valence electrons. The first-order chi connectivity index (χ1) is 7.05. The maximum Gasteiger partial charge on any atom is 0.435 e. The first kappa shape index (κ1) is 9.21. The van der Waals surface area contributed by atoms with E-state index >= 15 is 0 Å². The highest BCUT2D eigenvalue weighted by Crippen LogP contribution is 2.41. The smallest absolute Gasteiger partial charge is 0.307 e. The molecule has 0 aliphatic carbocycles. The number of nitrogens with zero attached hydrogens (tertiary/aromatic N) is 1. The van der Waals surface area contributed by atoms with Gasteiger partial charge in [0.2, 0.25) is 0 Å². The van der Waals surface area contributed by atoms with Gasteiger partial charge in [0.1, 0.15) is 0 Å². The molecule has 2 aliphatic heterocycles. The van der Waals surface area contributed by atoms with E-state index in [0.29, 0.717) is 23.7 Å². The van der Waals surface area contributed by atoms with Crippen molar-refractivity contribution in [2.75, 3.05) is 0 Å². The maximum absolute atomic E-state index is 12.6. The van der Waals surface area contributed by atoms with Gasteiger partial charge in [-0.3, -0.25) is 5.10 Å². The lowest BCUT2D eigenvalue weighted by Gasteiger charge is -2.22. The summed E-state index contributed by atoms with van der Waals surface area (Å²) in [7, 11) is 0. The molecular weight excluding hydrogens is 207 g/mol. The Kier molecular flexibility index (Phi) is 1.69. The number of hydrogen-bond donors (Lipinski definition) is 2. The Morgan fingerprint density at radius 1 is 1.27 bits per heavy atom. The average molecular weight is 217 g/mol. The van der Waals surface area contributed by atoms with Crippen LogP contribution in [0.15, 0.2) is 0 Å². The van der Waals surface area contributed by atoms with Crippen LogP contribution in [0.1, 0.15) is 35.8 Å². The molecule has 2 bridgehead atoms. The number of H-pyrrole nitrogens is 1. The molecule has 0 amide bonds. The molecule has 3 rings (SSSR count). The van der Waals surface area contributed by atoms with Gasteiger partial charge in [-0.2, -0.15) is 18.3 Å². The molecule has 1 fully saturated rings. The lowest BCUT2D eigenvalue weighted by atomic mass is 10.00. The van der Waals surface area contributed by atoms with E-state index in [0.717, 1.165) is 12.8 Å². The molecule has 0 radical (unpaired) electrons. The van der Waals surface area contributed by atoms with Gasteiger partial charge in [0.15, 0.2) is 5.69 Å². The van der Waals surface area contributed by atoms with Crippen molar-refractivity contribution in [3.8, 4) is 0 Å². The van der Waals surface area contributed by atoms with Crippen LogP contribution in [-0.4, -0.2) is 16.2 Å². The third-order valence-corrected chi connectivity index (χ3v) is 3.19. The van der Waals surface area contributed by atoms with Crippen molar-refractivity contribution in [3.05, 3.63) is 17.0 Å². The van der Waals surface area contributed by atoms with Crippen LogP contribution in [0.3, 0.4) is 0 Å². The molecule has 2 N–H and O–H groups in total. The second kappa shape index (κ2) is 2.75. The molecule has 0 unspecified atom stereocenters. The quantitative estimate of drug-likeness (QED) is 0.695. The summed E-state index contributed by atoms with van der Waals surface area (Å²) in [5.41, 5.74) is 0.264. The number of hydrogen-bond acceptors (Lipinski definition) is 2. The minimum Gasteiger partial charge on any atom is -0.307 e. The Balaban J connectivity index is 2.10. The third-order valence-electron chi connectivity index (χ3n) is 3.19. The zero-order valence-electron chi connectivity index (χ0n) is 7.86. The fraction of sp³-hybridized carbons (Fsp3) is 0.667. The highest BCUT2D eigenvalue weighted by molar-refractivity contribution is 5.35. The van der Waals surface area contributed by atoms with Crippen LogP contribution in [-0.2, 0) is 12.6 Å². The summed E-state index contributed by atoms with van der Waals surface area (Å²) in [5, 5.41) is 9.11. The van der Waals surface area contributed by atoms with Gasteiger partial charge in [-0.1, -0.05) is 0 Å². The highest BCUT2D eigenvalue weighted by atomic mass is 19.4. The number of aromatic amines is 1. The van der Waals surface area contributed by atoms with Gasteiger partial charge in [-0.15, -0.1) is 0 Å². The summed E-state index contributed by atoms with van der Waals surface area (Å²) < 4.78 is 37.9. The summed E-state index contributed by atoms with van der Waals surface area (Å²) in [5.74, 6) is 0. The number of aromatic nitrogens is 2. The Morgan fingerprint density at radius 2 is 2.07 bits per heavy atom. The Bertz CT molecular complexity index is 396. The second-order valence-corrected chi connectivity index (χ2v) is 4.16. The lowest BCUT2D eigenvalue weighted by Crippen LogP contribution is -2.32. The minimum absolute atomic E-state index is 0.158. The van der Waals surface area contributed by atoms with Gasteiger partial charge in [0.25, 0.3) is 0 Å². The SMILES string of the molecule is FC(F)(F)c1n[nH]c2c1[C@@H]1CC[C@@H](C2)N1. The number of halogens is 3. The predicted molar refractivity (Wildman–Crippen MR) is 46.2 cm³/mol. The van der Waals surface area contributed by atoms with E-state index < -0.39 is 11.9 Å². The average Bonchev–Trinajstić information content (AvgIpc) is 2.70. The van der Waals surface area contributed by atoms with E-state index in [4.69, 9.17) is 0 Å². The Labute approximate surface area is 84.1 Å². The highest BCUT2D eigenvalue weighted by Gasteiger charge is 2.44. The lowest BCUT2D eigenvalue weighted by molar-refractivity contribution is -0.142. The van der Waals surface area contributed by atoms with Crippen molar-refractivity contribution in [1.29, 1.82) is 0 Å². The van der Waals surface area contributed by atoms with E-state index in [-0.39, 0.29) is 6.04 Å². The van der Waals surface area contributed by atoms with E-state index in [1.807, 2.05) is 0 Å². The van der Waals surface area contributed by atoms with E-state index in [1.165, 1.54) is 0 Å². The fourth-order valence-corrected chi connectivity index (χ4v) is 2.59. The summed E-state index contributed by atoms with van der Waals surface area (Å²) in [6.45, 7) is 0. The Hall–Kier alpha value is -1.04. The molecule has 3 heterocycles. The summed E-state index contributed by atoms with van der Waals surface area (Å²) in [6.07, 6.45) is -1.99. The van der Waals surface area contributed by atoms with E-state index in [1.54, 1.807) is 0 Å². The number of alkyl halides is 3. The maximum atomic E-state index is 12.6. The molecule has 0 saturated carbocycles. The van der Waals surface area contributed by atoms with Crippen molar-refractivity contribution in [2.45, 2.75) is 37.5 Å². The molecule has 2 atom stereocenters. The summed E-state index contributed by atoms with van der Waals surface area (Å²) in [4.78, 5) is 0. The molecule has 1 aromatic heterocycles. The van der Waals surface area contributed by atoms with Crippen LogP contribution < -0.4 is 5.32 Å². The normalized spacial score (nSPS) is 29.3. The predicted octanol–water partition coefficient (Wildman–Crippen LogP) is 1.78. The molecule has 6 heteroatoms. The van der Waals surface area contributed by atoms with E-state index in [9.17, 15) is 13.2 Å². The van der Waals surface area contributed by atoms with Crippen molar-refractivity contribution in [1.82, 2.24) is 15.5 Å². The molecule has 1 aromatic rings. The van der Waals surface area contributed by atoms with E-state index in [2.05, 4.69) is 15.5 Å². The first-order valence-corrected chi connectivity index (χ1v) is 4.96. The van der Waals surface area contributed by atoms with Gasteiger partial charge in [0, 0.05) is 29.8 Å². The monoisotopic (exact) mass is 217 g/mol. The third kappa shape index (κ3) is 1.27. The van der Waals surface area contributed by atoms with Gasteiger partial charge < -0.3 is 5.32 Å². The van der Waals surface area contributed by atoms with Crippen LogP contribution in [0.25, 0.3) is 0 Å². The Morgan fingerprint density at radius 3 is 2.80 bits per heavy atom. The molecule has 1 saturated heterocycles. The summed E-state index contributed by atoms with van der Waals surface area (Å²) >= 11 is 0. The number of nitrogens with one attached hydrogen (secondary N) is 2. The fourth-order valence-electron chi connectivity index (χ4n) is 2.59. The van der Waals surface area contributed by atoms with Crippen molar-refractivity contribution in [2.24, 2.45) is 0 Å². The van der Waals surface area contributed by atoms with Gasteiger partial charge in [-0.25, -0.2) is 0 Å². The van der Waals surface area contributed by atoms with Crippen LogP contribution in [0.5, 0.6) is 0 Å². The molecule has 0 aromatic carbocycles. The van der Waals surface area contributed by atoms with Crippen LogP contribution in [0, 0.1) is 0 Å². The van der Waals surface area contributed by atoms with Gasteiger partial charge >= 0.3 is 6.18 Å². The van der Waals surface area contributed by atoms with Crippen LogP contribution >= 0.6 is 0 Å². The standard InChI is InChI=1S/C9H10F3N3/c10-9(11,12)8-7-5-2-1-4(13-5)3-6(7)14-15-8/h4-5,13H,1-3H2,(H,14,15)/t4-,5-/m0/s1. The molecule has 3 nitrogen and oxygen atoms in total. The van der Waals surface area contributed by atoms with Crippen LogP contribution in [0.4, 0.5) is 13.2 Å². The zero-order chi connectivity index (χ0) is 10.6.